The monoisotopic (exact) mass is 318 g/mol. The highest BCUT2D eigenvalue weighted by atomic mass is 32.1. The van der Waals surface area contributed by atoms with Crippen LogP contribution >= 0.6 is 11.3 Å². The van der Waals surface area contributed by atoms with Crippen molar-refractivity contribution < 1.29 is 14.3 Å². The maximum atomic E-state index is 12.3. The van der Waals surface area contributed by atoms with Gasteiger partial charge in [0.2, 0.25) is 0 Å². The summed E-state index contributed by atoms with van der Waals surface area (Å²) in [5.41, 5.74) is 3.17. The van der Waals surface area contributed by atoms with E-state index in [2.05, 4.69) is 10.3 Å². The maximum Gasteiger partial charge on any atom is 0.350 e. The Kier molecular flexibility index (Phi) is 4.92. The Bertz CT molecular complexity index is 702. The van der Waals surface area contributed by atoms with Gasteiger partial charge in [-0.25, -0.2) is 9.78 Å². The average molecular weight is 318 g/mol. The van der Waals surface area contributed by atoms with Crippen LogP contribution in [0, 0.1) is 20.8 Å². The van der Waals surface area contributed by atoms with Crippen molar-refractivity contribution in [1.82, 2.24) is 4.98 Å². The van der Waals surface area contributed by atoms with Crippen LogP contribution in [0.25, 0.3) is 0 Å². The van der Waals surface area contributed by atoms with Crippen molar-refractivity contribution in [2.45, 2.75) is 27.7 Å². The molecule has 5 nitrogen and oxygen atoms in total. The molecule has 1 amide bonds. The van der Waals surface area contributed by atoms with Gasteiger partial charge in [0.1, 0.15) is 4.88 Å². The van der Waals surface area contributed by atoms with Gasteiger partial charge in [-0.3, -0.25) is 10.1 Å². The number of thiazole rings is 1. The number of nitrogens with one attached hydrogen (secondary N) is 1. The van der Waals surface area contributed by atoms with Crippen molar-refractivity contribution >= 4 is 28.3 Å². The van der Waals surface area contributed by atoms with Crippen molar-refractivity contribution in [3.8, 4) is 0 Å². The van der Waals surface area contributed by atoms with Crippen molar-refractivity contribution in [3.05, 3.63) is 45.5 Å². The van der Waals surface area contributed by atoms with Crippen molar-refractivity contribution in [3.63, 3.8) is 0 Å². The number of ether oxygens (including phenoxy) is 1. The Morgan fingerprint density at radius 1 is 1.18 bits per heavy atom. The second kappa shape index (κ2) is 6.70. The number of benzene rings is 1. The number of amides is 1. The lowest BCUT2D eigenvalue weighted by atomic mass is 10.1. The molecule has 1 aromatic carbocycles. The van der Waals surface area contributed by atoms with Crippen LogP contribution in [0.2, 0.25) is 0 Å². The van der Waals surface area contributed by atoms with E-state index >= 15 is 0 Å². The fraction of sp³-hybridized carbons (Fsp3) is 0.312. The number of carbonyl (C=O) groups is 2. The zero-order valence-corrected chi connectivity index (χ0v) is 13.8. The molecular formula is C16H18N2O3S. The van der Waals surface area contributed by atoms with Crippen molar-refractivity contribution in [1.29, 1.82) is 0 Å². The van der Waals surface area contributed by atoms with Gasteiger partial charge in [0.15, 0.2) is 5.13 Å². The molecule has 22 heavy (non-hydrogen) atoms. The van der Waals surface area contributed by atoms with Gasteiger partial charge in [-0.05, 0) is 39.8 Å². The van der Waals surface area contributed by atoms with Crippen molar-refractivity contribution in [2.75, 3.05) is 11.9 Å². The van der Waals surface area contributed by atoms with Crippen LogP contribution in [-0.2, 0) is 4.74 Å². The third-order valence-corrected chi connectivity index (χ3v) is 4.01. The molecule has 2 rings (SSSR count). The summed E-state index contributed by atoms with van der Waals surface area (Å²) in [6.45, 7) is 7.65. The second-order valence-corrected chi connectivity index (χ2v) is 5.98. The van der Waals surface area contributed by atoms with Gasteiger partial charge in [-0.1, -0.05) is 28.5 Å². The summed E-state index contributed by atoms with van der Waals surface area (Å²) in [4.78, 5) is 28.7. The van der Waals surface area contributed by atoms with E-state index in [0.29, 0.717) is 27.9 Å². The molecule has 0 atom stereocenters. The zero-order valence-electron chi connectivity index (χ0n) is 13.0. The first-order valence-electron chi connectivity index (χ1n) is 6.95. The van der Waals surface area contributed by atoms with E-state index < -0.39 is 5.97 Å². The molecule has 2 aromatic rings. The topological polar surface area (TPSA) is 68.3 Å². The summed E-state index contributed by atoms with van der Waals surface area (Å²) in [7, 11) is 0. The second-order valence-electron chi connectivity index (χ2n) is 4.98. The molecule has 0 unspecified atom stereocenters. The molecule has 1 N–H and O–H groups in total. The number of carbonyl (C=O) groups excluding carboxylic acids is 2. The number of hydrogen-bond donors (Lipinski definition) is 1. The molecule has 116 valence electrons. The highest BCUT2D eigenvalue weighted by Gasteiger charge is 2.18. The average Bonchev–Trinajstić information content (AvgIpc) is 2.78. The summed E-state index contributed by atoms with van der Waals surface area (Å²) in [6, 6.07) is 5.63. The third kappa shape index (κ3) is 3.71. The number of esters is 1. The molecule has 6 heteroatoms. The standard InChI is InChI=1S/C16H18N2O3S/c1-5-21-15(20)13-11(4)17-16(22-13)18-14(19)12-7-9(2)6-10(3)8-12/h6-8H,5H2,1-4H3,(H,17,18,19). The summed E-state index contributed by atoms with van der Waals surface area (Å²) < 4.78 is 4.96. The highest BCUT2D eigenvalue weighted by molar-refractivity contribution is 7.17. The molecule has 0 fully saturated rings. The molecule has 0 radical (unpaired) electrons. The number of aryl methyl sites for hydroxylation is 3. The minimum absolute atomic E-state index is 0.240. The quantitative estimate of drug-likeness (QED) is 0.876. The lowest BCUT2D eigenvalue weighted by molar-refractivity contribution is 0.0531. The fourth-order valence-electron chi connectivity index (χ4n) is 2.11. The lowest BCUT2D eigenvalue weighted by Crippen LogP contribution is -2.12. The minimum atomic E-state index is -0.413. The lowest BCUT2D eigenvalue weighted by Gasteiger charge is -2.04. The smallest absolute Gasteiger partial charge is 0.350 e. The van der Waals surface area contributed by atoms with Gasteiger partial charge in [0.25, 0.3) is 5.91 Å². The summed E-state index contributed by atoms with van der Waals surface area (Å²) in [5, 5.41) is 3.12. The normalized spacial score (nSPS) is 10.4. The van der Waals surface area contributed by atoms with Crippen LogP contribution in [-0.4, -0.2) is 23.5 Å². The Hall–Kier alpha value is -2.21. The maximum absolute atomic E-state index is 12.3. The first kappa shape index (κ1) is 16.2. The third-order valence-electron chi connectivity index (χ3n) is 2.96. The summed E-state index contributed by atoms with van der Waals surface area (Å²) in [6.07, 6.45) is 0. The molecule has 0 bridgehead atoms. The van der Waals surface area contributed by atoms with E-state index in [4.69, 9.17) is 4.74 Å². The van der Waals surface area contributed by atoms with E-state index in [-0.39, 0.29) is 5.91 Å². The van der Waals surface area contributed by atoms with E-state index in [0.717, 1.165) is 22.5 Å². The van der Waals surface area contributed by atoms with Gasteiger partial charge in [0, 0.05) is 5.56 Å². The number of nitrogens with zero attached hydrogens (tertiary/aromatic N) is 1. The zero-order chi connectivity index (χ0) is 16.3. The van der Waals surface area contributed by atoms with Crippen LogP contribution < -0.4 is 5.32 Å². The van der Waals surface area contributed by atoms with Gasteiger partial charge in [-0.2, -0.15) is 0 Å². The molecule has 0 aliphatic heterocycles. The molecular weight excluding hydrogens is 300 g/mol. The van der Waals surface area contributed by atoms with Crippen LogP contribution in [0.1, 0.15) is 43.8 Å². The van der Waals surface area contributed by atoms with Gasteiger partial charge >= 0.3 is 5.97 Å². The Balaban J connectivity index is 2.18. The summed E-state index contributed by atoms with van der Waals surface area (Å²) in [5.74, 6) is -0.652. The molecule has 0 aliphatic rings. The predicted molar refractivity (Wildman–Crippen MR) is 86.7 cm³/mol. The van der Waals surface area contributed by atoms with Gasteiger partial charge < -0.3 is 4.74 Å². The number of rotatable bonds is 4. The fourth-order valence-corrected chi connectivity index (χ4v) is 2.97. The van der Waals surface area contributed by atoms with E-state index in [9.17, 15) is 9.59 Å². The minimum Gasteiger partial charge on any atom is -0.462 e. The van der Waals surface area contributed by atoms with E-state index in [1.165, 1.54) is 0 Å². The molecule has 1 heterocycles. The molecule has 1 aromatic heterocycles. The molecule has 0 aliphatic carbocycles. The number of aromatic nitrogens is 1. The number of anilines is 1. The van der Waals surface area contributed by atoms with Crippen LogP contribution in [0.5, 0.6) is 0 Å². The first-order valence-corrected chi connectivity index (χ1v) is 7.76. The van der Waals surface area contributed by atoms with Gasteiger partial charge in [0.05, 0.1) is 12.3 Å². The highest BCUT2D eigenvalue weighted by Crippen LogP contribution is 2.24. The largest absolute Gasteiger partial charge is 0.462 e. The van der Waals surface area contributed by atoms with Crippen LogP contribution in [0.3, 0.4) is 0 Å². The Morgan fingerprint density at radius 3 is 2.41 bits per heavy atom. The van der Waals surface area contributed by atoms with Crippen LogP contribution in [0.4, 0.5) is 5.13 Å². The van der Waals surface area contributed by atoms with E-state index in [1.807, 2.05) is 32.0 Å². The number of hydrogen-bond acceptors (Lipinski definition) is 5. The predicted octanol–water partition coefficient (Wildman–Crippen LogP) is 3.50. The SMILES string of the molecule is CCOC(=O)c1sc(NC(=O)c2cc(C)cc(C)c2)nc1C. The molecule has 0 saturated carbocycles. The Morgan fingerprint density at radius 2 is 1.82 bits per heavy atom. The molecule has 0 spiro atoms. The van der Waals surface area contributed by atoms with Gasteiger partial charge in [-0.15, -0.1) is 0 Å². The van der Waals surface area contributed by atoms with Crippen molar-refractivity contribution in [2.24, 2.45) is 0 Å². The Labute approximate surface area is 133 Å². The molecule has 0 saturated heterocycles. The van der Waals surface area contributed by atoms with E-state index in [1.54, 1.807) is 13.8 Å². The first-order chi connectivity index (χ1) is 10.4. The summed E-state index contributed by atoms with van der Waals surface area (Å²) >= 11 is 1.12. The van der Waals surface area contributed by atoms with Crippen LogP contribution in [0.15, 0.2) is 18.2 Å².